The van der Waals surface area contributed by atoms with Gasteiger partial charge in [0.1, 0.15) is 5.56 Å². The molecule has 18 heavy (non-hydrogen) atoms. The summed E-state index contributed by atoms with van der Waals surface area (Å²) in [6.45, 7) is 1.13. The second-order valence-corrected chi connectivity index (χ2v) is 3.34. The minimum Gasteiger partial charge on any atom is -0.313 e. The van der Waals surface area contributed by atoms with Gasteiger partial charge in [-0.1, -0.05) is 23.7 Å². The number of nitrogens with one attached hydrogen (secondary N) is 2. The molecule has 0 radical (unpaired) electrons. The van der Waals surface area contributed by atoms with Crippen LogP contribution < -0.4 is 11.2 Å². The number of hydrogen-bond donors (Lipinski definition) is 2. The minimum absolute atomic E-state index is 0.191. The Morgan fingerprint density at radius 1 is 1.17 bits per heavy atom. The van der Waals surface area contributed by atoms with E-state index in [1.165, 1.54) is 6.20 Å². The van der Waals surface area contributed by atoms with Crippen molar-refractivity contribution in [1.29, 1.82) is 0 Å². The van der Waals surface area contributed by atoms with E-state index in [1.54, 1.807) is 4.90 Å². The molecule has 0 aromatic carbocycles. The summed E-state index contributed by atoms with van der Waals surface area (Å²) in [5, 5.41) is 0. The minimum atomic E-state index is -0.563. The van der Waals surface area contributed by atoms with Gasteiger partial charge in [-0.25, -0.2) is 4.79 Å². The number of aromatic amines is 2. The number of nitrogens with zero attached hydrogens (tertiary/aromatic N) is 1. The molecule has 0 amide bonds. The molecule has 0 bridgehead atoms. The van der Waals surface area contributed by atoms with Crippen LogP contribution in [-0.4, -0.2) is 34.5 Å². The van der Waals surface area contributed by atoms with Crippen LogP contribution in [0.2, 0.25) is 0 Å². The second-order valence-electron chi connectivity index (χ2n) is 3.34. The third kappa shape index (κ3) is 4.06. The van der Waals surface area contributed by atoms with Crippen LogP contribution in [0.1, 0.15) is 5.56 Å². The number of aromatic nitrogens is 2. The first-order chi connectivity index (χ1) is 8.67. The molecule has 0 spiro atoms. The van der Waals surface area contributed by atoms with Gasteiger partial charge in [0.2, 0.25) is 0 Å². The molecule has 1 rings (SSSR count). The third-order valence-corrected chi connectivity index (χ3v) is 1.97. The van der Waals surface area contributed by atoms with Gasteiger partial charge in [0.15, 0.2) is 0 Å². The summed E-state index contributed by atoms with van der Waals surface area (Å²) >= 11 is 0. The Balaban J connectivity index is 2.77. The Bertz CT molecular complexity index is 643. The van der Waals surface area contributed by atoms with E-state index in [0.717, 1.165) is 0 Å². The summed E-state index contributed by atoms with van der Waals surface area (Å²) in [4.78, 5) is 28.3. The fraction of sp³-hybridized carbons (Fsp3) is 0.231. The van der Waals surface area contributed by atoms with Crippen molar-refractivity contribution in [2.75, 3.05) is 19.6 Å². The van der Waals surface area contributed by atoms with E-state index in [9.17, 15) is 9.59 Å². The van der Waals surface area contributed by atoms with Gasteiger partial charge in [-0.2, -0.15) is 0 Å². The number of H-pyrrole nitrogens is 2. The molecule has 0 aliphatic heterocycles. The molecule has 1 aromatic rings. The number of terminal acetylenes is 2. The predicted molar refractivity (Wildman–Crippen MR) is 68.7 cm³/mol. The molecule has 0 fully saturated rings. The molecule has 0 aliphatic rings. The van der Waals surface area contributed by atoms with Crippen LogP contribution in [0, 0.1) is 36.5 Å². The molecule has 0 saturated heterocycles. The van der Waals surface area contributed by atoms with Gasteiger partial charge in [-0.15, -0.1) is 12.8 Å². The van der Waals surface area contributed by atoms with Gasteiger partial charge in [-0.05, 0) is 0 Å². The van der Waals surface area contributed by atoms with Gasteiger partial charge >= 0.3 is 5.69 Å². The van der Waals surface area contributed by atoms with Crippen molar-refractivity contribution >= 4 is 0 Å². The molecule has 0 saturated carbocycles. The van der Waals surface area contributed by atoms with E-state index < -0.39 is 11.2 Å². The van der Waals surface area contributed by atoms with Crippen molar-refractivity contribution < 1.29 is 0 Å². The molecule has 5 heteroatoms. The fourth-order valence-electron chi connectivity index (χ4n) is 1.18. The van der Waals surface area contributed by atoms with Crippen LogP contribution in [-0.2, 0) is 0 Å². The SMILES string of the molecule is C#CCN(CC#C)CC#Cc1c[nH]c(=O)[nH]c1=O. The maximum Gasteiger partial charge on any atom is 0.325 e. The average molecular weight is 241 g/mol. The van der Waals surface area contributed by atoms with Crippen molar-refractivity contribution in [3.05, 3.63) is 32.6 Å². The molecule has 0 unspecified atom stereocenters. The van der Waals surface area contributed by atoms with Crippen molar-refractivity contribution in [3.63, 3.8) is 0 Å². The molecule has 90 valence electrons. The maximum absolute atomic E-state index is 11.3. The Morgan fingerprint density at radius 2 is 1.83 bits per heavy atom. The van der Waals surface area contributed by atoms with Crippen LogP contribution in [0.5, 0.6) is 0 Å². The van der Waals surface area contributed by atoms with Gasteiger partial charge in [0.25, 0.3) is 5.56 Å². The molecule has 0 aliphatic carbocycles. The highest BCUT2D eigenvalue weighted by atomic mass is 16.2. The largest absolute Gasteiger partial charge is 0.325 e. The van der Waals surface area contributed by atoms with E-state index in [-0.39, 0.29) is 5.56 Å². The molecular formula is C13H11N3O2. The lowest BCUT2D eigenvalue weighted by molar-refractivity contribution is 0.390. The molecule has 1 heterocycles. The quantitative estimate of drug-likeness (QED) is 0.666. The molecule has 1 aromatic heterocycles. The lowest BCUT2D eigenvalue weighted by Crippen LogP contribution is -2.25. The molecular weight excluding hydrogens is 230 g/mol. The highest BCUT2D eigenvalue weighted by molar-refractivity contribution is 5.29. The Hall–Kier alpha value is -2.68. The van der Waals surface area contributed by atoms with Gasteiger partial charge in [0, 0.05) is 6.20 Å². The van der Waals surface area contributed by atoms with E-state index in [2.05, 4.69) is 33.6 Å². The molecule has 5 nitrogen and oxygen atoms in total. The van der Waals surface area contributed by atoms with E-state index in [4.69, 9.17) is 12.8 Å². The third-order valence-electron chi connectivity index (χ3n) is 1.97. The van der Waals surface area contributed by atoms with Gasteiger partial charge in [0.05, 0.1) is 19.6 Å². The molecule has 0 atom stereocenters. The molecule has 2 N–H and O–H groups in total. The van der Waals surface area contributed by atoms with Crippen LogP contribution >= 0.6 is 0 Å². The summed E-state index contributed by atoms with van der Waals surface area (Å²) in [6.07, 6.45) is 11.6. The summed E-state index contributed by atoms with van der Waals surface area (Å²) < 4.78 is 0. The summed E-state index contributed by atoms with van der Waals surface area (Å²) in [6, 6.07) is 0. The topological polar surface area (TPSA) is 69.0 Å². The van der Waals surface area contributed by atoms with E-state index in [0.29, 0.717) is 19.6 Å². The second kappa shape index (κ2) is 6.81. The number of rotatable bonds is 3. The van der Waals surface area contributed by atoms with Crippen molar-refractivity contribution in [1.82, 2.24) is 14.9 Å². The van der Waals surface area contributed by atoms with Crippen LogP contribution in [0.25, 0.3) is 0 Å². The Morgan fingerprint density at radius 3 is 2.39 bits per heavy atom. The zero-order valence-electron chi connectivity index (χ0n) is 9.62. The van der Waals surface area contributed by atoms with Crippen molar-refractivity contribution in [2.24, 2.45) is 0 Å². The zero-order valence-corrected chi connectivity index (χ0v) is 9.62. The number of hydrogen-bond acceptors (Lipinski definition) is 3. The normalized spacial score (nSPS) is 9.06. The fourth-order valence-corrected chi connectivity index (χ4v) is 1.18. The smallest absolute Gasteiger partial charge is 0.313 e. The first-order valence-corrected chi connectivity index (χ1v) is 5.07. The van der Waals surface area contributed by atoms with Crippen molar-refractivity contribution in [3.8, 4) is 36.5 Å². The lowest BCUT2D eigenvalue weighted by atomic mass is 10.3. The van der Waals surface area contributed by atoms with Crippen LogP contribution in [0.15, 0.2) is 15.8 Å². The first-order valence-electron chi connectivity index (χ1n) is 5.07. The van der Waals surface area contributed by atoms with Gasteiger partial charge in [-0.3, -0.25) is 14.7 Å². The zero-order chi connectivity index (χ0) is 13.4. The first kappa shape index (κ1) is 13.4. The van der Waals surface area contributed by atoms with Crippen LogP contribution in [0.3, 0.4) is 0 Å². The Labute approximate surface area is 104 Å². The Kier molecular flexibility index (Phi) is 5.06. The monoisotopic (exact) mass is 241 g/mol. The predicted octanol–water partition coefficient (Wildman–Crippen LogP) is -1.02. The lowest BCUT2D eigenvalue weighted by Gasteiger charge is -2.11. The van der Waals surface area contributed by atoms with Gasteiger partial charge < -0.3 is 4.98 Å². The van der Waals surface area contributed by atoms with Crippen molar-refractivity contribution in [2.45, 2.75) is 0 Å². The average Bonchev–Trinajstić information content (AvgIpc) is 2.32. The van der Waals surface area contributed by atoms with E-state index in [1.807, 2.05) is 0 Å². The summed E-state index contributed by atoms with van der Waals surface area (Å²) in [7, 11) is 0. The summed E-state index contributed by atoms with van der Waals surface area (Å²) in [5.74, 6) is 10.4. The highest BCUT2D eigenvalue weighted by Gasteiger charge is 1.98. The standard InChI is InChI=1S/C13H11N3O2/c1-3-7-16(8-4-2)9-5-6-11-10-14-13(18)15-12(11)17/h1-2,10H,7-9H2,(H2,14,15,17,18). The maximum atomic E-state index is 11.3. The van der Waals surface area contributed by atoms with Crippen LogP contribution in [0.4, 0.5) is 0 Å². The van der Waals surface area contributed by atoms with E-state index >= 15 is 0 Å². The highest BCUT2D eigenvalue weighted by Crippen LogP contribution is 1.85. The summed E-state index contributed by atoms with van der Waals surface area (Å²) in [5.41, 5.74) is -0.894.